The van der Waals surface area contributed by atoms with Gasteiger partial charge in [0.1, 0.15) is 5.82 Å². The number of amides is 2. The first-order valence-electron chi connectivity index (χ1n) is 10.3. The summed E-state index contributed by atoms with van der Waals surface area (Å²) in [6.45, 7) is -1.21. The van der Waals surface area contributed by atoms with Crippen LogP contribution in [0.5, 0.6) is 0 Å². The molecule has 4 rings (SSSR count). The molecule has 176 valence electrons. The summed E-state index contributed by atoms with van der Waals surface area (Å²) < 4.78 is 43.6. The highest BCUT2D eigenvalue weighted by molar-refractivity contribution is 6.42. The fraction of sp³-hybridized carbons (Fsp3) is 0.208. The molecule has 2 heterocycles. The van der Waals surface area contributed by atoms with Crippen LogP contribution in [-0.2, 0) is 4.79 Å². The Kier molecular flexibility index (Phi) is 6.81. The number of pyridine rings is 1. The second kappa shape index (κ2) is 9.64. The van der Waals surface area contributed by atoms with Gasteiger partial charge in [0.15, 0.2) is 0 Å². The van der Waals surface area contributed by atoms with Crippen molar-refractivity contribution in [2.45, 2.75) is 12.3 Å². The summed E-state index contributed by atoms with van der Waals surface area (Å²) in [5, 5.41) is 2.99. The Morgan fingerprint density at radius 1 is 1.00 bits per heavy atom. The Morgan fingerprint density at radius 3 is 2.44 bits per heavy atom. The van der Waals surface area contributed by atoms with Crippen LogP contribution < -0.4 is 5.32 Å². The van der Waals surface area contributed by atoms with Crippen molar-refractivity contribution in [3.63, 3.8) is 0 Å². The molecule has 10 heteroatoms. The van der Waals surface area contributed by atoms with E-state index in [1.165, 1.54) is 30.3 Å². The Bertz CT molecular complexity index is 1240. The zero-order valence-corrected chi connectivity index (χ0v) is 19.1. The number of anilines is 1. The Balaban J connectivity index is 1.56. The van der Waals surface area contributed by atoms with Crippen molar-refractivity contribution < 1.29 is 22.8 Å². The number of carbonyl (C=O) groups excluding carboxylic acids is 2. The second-order valence-electron chi connectivity index (χ2n) is 7.99. The van der Waals surface area contributed by atoms with Crippen molar-refractivity contribution in [1.29, 1.82) is 0 Å². The van der Waals surface area contributed by atoms with E-state index in [1.54, 1.807) is 24.5 Å². The van der Waals surface area contributed by atoms with E-state index < -0.39 is 42.4 Å². The number of rotatable bonds is 4. The molecule has 2 aromatic carbocycles. The maximum Gasteiger partial charge on any atom is 0.266 e. The van der Waals surface area contributed by atoms with Crippen LogP contribution in [0.3, 0.4) is 0 Å². The minimum Gasteiger partial charge on any atom is -0.332 e. The quantitative estimate of drug-likeness (QED) is 0.475. The average molecular weight is 508 g/mol. The topological polar surface area (TPSA) is 62.3 Å². The van der Waals surface area contributed by atoms with Crippen LogP contribution in [0.1, 0.15) is 16.8 Å². The predicted octanol–water partition coefficient (Wildman–Crippen LogP) is 5.93. The van der Waals surface area contributed by atoms with Gasteiger partial charge in [0.2, 0.25) is 5.91 Å². The zero-order valence-electron chi connectivity index (χ0n) is 17.6. The van der Waals surface area contributed by atoms with Crippen LogP contribution in [0.25, 0.3) is 11.1 Å². The number of piperidine rings is 1. The van der Waals surface area contributed by atoms with Gasteiger partial charge in [-0.1, -0.05) is 29.3 Å². The number of nitrogens with zero attached hydrogens (tertiary/aromatic N) is 2. The standard InChI is InChI=1S/C24H18Cl2F3N3O2/c25-19-3-2-17(10-20(19)26)31-22(33)16-11-24(28,29)13-32(12-16)23(34)18-9-15(1-4-21(18)27)14-5-7-30-8-6-14/h1-10,16H,11-13H2,(H,31,33). The van der Waals surface area contributed by atoms with Crippen molar-refractivity contribution in [2.75, 3.05) is 18.4 Å². The van der Waals surface area contributed by atoms with Crippen molar-refractivity contribution in [1.82, 2.24) is 9.88 Å². The van der Waals surface area contributed by atoms with E-state index >= 15 is 0 Å². The summed E-state index contributed by atoms with van der Waals surface area (Å²) in [6, 6.07) is 11.6. The molecule has 1 aromatic heterocycles. The summed E-state index contributed by atoms with van der Waals surface area (Å²) in [7, 11) is 0. The minimum absolute atomic E-state index is 0.190. The van der Waals surface area contributed by atoms with Gasteiger partial charge >= 0.3 is 0 Å². The van der Waals surface area contributed by atoms with Gasteiger partial charge in [-0.25, -0.2) is 13.2 Å². The van der Waals surface area contributed by atoms with Crippen LogP contribution in [0.15, 0.2) is 60.9 Å². The monoisotopic (exact) mass is 507 g/mol. The first-order valence-corrected chi connectivity index (χ1v) is 11.0. The van der Waals surface area contributed by atoms with E-state index in [2.05, 4.69) is 10.3 Å². The lowest BCUT2D eigenvalue weighted by Gasteiger charge is -2.37. The molecule has 0 radical (unpaired) electrons. The molecule has 1 atom stereocenters. The van der Waals surface area contributed by atoms with Gasteiger partial charge in [-0.2, -0.15) is 0 Å². The molecule has 0 saturated carbocycles. The number of likely N-dealkylation sites (tertiary alicyclic amines) is 1. The van der Waals surface area contributed by atoms with E-state index in [-0.39, 0.29) is 27.8 Å². The zero-order chi connectivity index (χ0) is 24.5. The largest absolute Gasteiger partial charge is 0.332 e. The van der Waals surface area contributed by atoms with Crippen molar-refractivity contribution >= 4 is 40.7 Å². The molecule has 1 fully saturated rings. The van der Waals surface area contributed by atoms with Gasteiger partial charge in [0, 0.05) is 31.0 Å². The maximum atomic E-state index is 14.5. The fourth-order valence-corrected chi connectivity index (χ4v) is 4.13. The van der Waals surface area contributed by atoms with Gasteiger partial charge < -0.3 is 10.2 Å². The van der Waals surface area contributed by atoms with E-state index in [9.17, 15) is 22.8 Å². The van der Waals surface area contributed by atoms with E-state index in [4.69, 9.17) is 23.2 Å². The first-order chi connectivity index (χ1) is 16.1. The smallest absolute Gasteiger partial charge is 0.266 e. The van der Waals surface area contributed by atoms with E-state index in [0.29, 0.717) is 11.1 Å². The summed E-state index contributed by atoms with van der Waals surface area (Å²) in [5.74, 6) is -7.00. The molecule has 2 amide bonds. The molecular formula is C24H18Cl2F3N3O2. The normalized spacial score (nSPS) is 17.3. The third-order valence-corrected chi connectivity index (χ3v) is 6.20. The minimum atomic E-state index is -3.33. The molecule has 0 spiro atoms. The van der Waals surface area contributed by atoms with Crippen LogP contribution >= 0.6 is 23.2 Å². The number of aromatic nitrogens is 1. The highest BCUT2D eigenvalue weighted by Gasteiger charge is 2.45. The van der Waals surface area contributed by atoms with Gasteiger partial charge in [-0.3, -0.25) is 14.6 Å². The number of carbonyl (C=O) groups is 2. The van der Waals surface area contributed by atoms with Crippen molar-refractivity contribution in [2.24, 2.45) is 5.92 Å². The molecular weight excluding hydrogens is 490 g/mol. The molecule has 1 N–H and O–H groups in total. The molecule has 1 aliphatic rings. The third-order valence-electron chi connectivity index (χ3n) is 5.46. The van der Waals surface area contributed by atoms with Crippen LogP contribution in [0, 0.1) is 11.7 Å². The van der Waals surface area contributed by atoms with Crippen molar-refractivity contribution in [3.8, 4) is 11.1 Å². The van der Waals surface area contributed by atoms with Gasteiger partial charge in [0.25, 0.3) is 11.8 Å². The molecule has 5 nitrogen and oxygen atoms in total. The van der Waals surface area contributed by atoms with Crippen LogP contribution in [0.2, 0.25) is 10.0 Å². The highest BCUT2D eigenvalue weighted by atomic mass is 35.5. The number of halogens is 5. The number of alkyl halides is 2. The first kappa shape index (κ1) is 24.0. The molecule has 34 heavy (non-hydrogen) atoms. The lowest BCUT2D eigenvalue weighted by atomic mass is 9.93. The fourth-order valence-electron chi connectivity index (χ4n) is 3.83. The lowest BCUT2D eigenvalue weighted by molar-refractivity contribution is -0.130. The van der Waals surface area contributed by atoms with Gasteiger partial charge in [-0.15, -0.1) is 0 Å². The number of hydrogen-bond donors (Lipinski definition) is 1. The Labute approximate surface area is 203 Å². The van der Waals surface area contributed by atoms with Gasteiger partial charge in [-0.05, 0) is 53.6 Å². The lowest BCUT2D eigenvalue weighted by Crippen LogP contribution is -2.52. The van der Waals surface area contributed by atoms with E-state index in [1.807, 2.05) is 0 Å². The molecule has 0 bridgehead atoms. The predicted molar refractivity (Wildman–Crippen MR) is 124 cm³/mol. The molecule has 1 unspecified atom stereocenters. The Hall–Kier alpha value is -3.10. The third kappa shape index (κ3) is 5.34. The summed E-state index contributed by atoms with van der Waals surface area (Å²) in [5.41, 5.74) is 1.15. The average Bonchev–Trinajstić information content (AvgIpc) is 2.81. The number of hydrogen-bond acceptors (Lipinski definition) is 3. The highest BCUT2D eigenvalue weighted by Crippen LogP contribution is 2.33. The molecule has 0 aliphatic carbocycles. The number of benzene rings is 2. The SMILES string of the molecule is O=C(Nc1ccc(Cl)c(Cl)c1)C1CN(C(=O)c2cc(-c3ccncc3)ccc2F)CC(F)(F)C1. The van der Waals surface area contributed by atoms with Crippen molar-refractivity contribution in [3.05, 3.63) is 82.4 Å². The summed E-state index contributed by atoms with van der Waals surface area (Å²) >= 11 is 11.8. The van der Waals surface area contributed by atoms with E-state index in [0.717, 1.165) is 11.0 Å². The summed E-state index contributed by atoms with van der Waals surface area (Å²) in [4.78, 5) is 30.5. The molecule has 1 saturated heterocycles. The Morgan fingerprint density at radius 2 is 1.74 bits per heavy atom. The maximum absolute atomic E-state index is 14.5. The summed E-state index contributed by atoms with van der Waals surface area (Å²) in [6.07, 6.45) is 2.34. The molecule has 1 aliphatic heterocycles. The molecule has 3 aromatic rings. The van der Waals surface area contributed by atoms with Crippen LogP contribution in [-0.4, -0.2) is 40.7 Å². The van der Waals surface area contributed by atoms with Crippen LogP contribution in [0.4, 0.5) is 18.9 Å². The van der Waals surface area contributed by atoms with Gasteiger partial charge in [0.05, 0.1) is 28.1 Å². The number of nitrogens with one attached hydrogen (secondary N) is 1. The second-order valence-corrected chi connectivity index (χ2v) is 8.81.